The van der Waals surface area contributed by atoms with E-state index in [0.29, 0.717) is 17.3 Å². The molecule has 3 aromatic rings. The van der Waals surface area contributed by atoms with Crippen LogP contribution in [-0.4, -0.2) is 15.9 Å². The summed E-state index contributed by atoms with van der Waals surface area (Å²) < 4.78 is 0.940. The molecule has 0 fully saturated rings. The molecule has 1 heterocycles. The van der Waals surface area contributed by atoms with Crippen LogP contribution in [0.5, 0.6) is 0 Å². The molecular weight excluding hydrogens is 380 g/mol. The lowest BCUT2D eigenvalue weighted by Gasteiger charge is -2.09. The molecule has 2 aromatic carbocycles. The predicted octanol–water partition coefficient (Wildman–Crippen LogP) is 4.85. The third kappa shape index (κ3) is 4.42. The van der Waals surface area contributed by atoms with Crippen LogP contribution in [0.15, 0.2) is 59.2 Å². The number of aryl methyl sites for hydroxylation is 2. The number of carbonyl (C=O) groups excluding carboxylic acids is 1. The molecular formula is C19H17BrN4O. The van der Waals surface area contributed by atoms with Crippen molar-refractivity contribution in [1.82, 2.24) is 9.97 Å². The summed E-state index contributed by atoms with van der Waals surface area (Å²) in [4.78, 5) is 20.9. The number of anilines is 3. The number of halogens is 1. The number of nitrogens with zero attached hydrogens (tertiary/aromatic N) is 2. The highest BCUT2D eigenvalue weighted by Gasteiger charge is 2.10. The molecule has 0 saturated heterocycles. The van der Waals surface area contributed by atoms with E-state index in [2.05, 4.69) is 36.5 Å². The standard InChI is InChI=1S/C19H17BrN4O/c1-12-4-3-5-14(10-12)23-19-21-9-8-17(24-19)18(25)22-15-7-6-13(2)16(20)11-15/h3-11H,1-2H3,(H,22,25)(H,21,23,24). The molecule has 0 spiro atoms. The van der Waals surface area contributed by atoms with Crippen molar-refractivity contribution in [3.05, 3.63) is 76.0 Å². The Kier molecular flexibility index (Phi) is 5.09. The summed E-state index contributed by atoms with van der Waals surface area (Å²) in [5.41, 5.74) is 4.10. The van der Waals surface area contributed by atoms with Gasteiger partial charge in [0.2, 0.25) is 5.95 Å². The highest BCUT2D eigenvalue weighted by molar-refractivity contribution is 9.10. The Hall–Kier alpha value is -2.73. The molecule has 1 aromatic heterocycles. The van der Waals surface area contributed by atoms with Crippen molar-refractivity contribution in [2.24, 2.45) is 0 Å². The van der Waals surface area contributed by atoms with Crippen LogP contribution in [0.25, 0.3) is 0 Å². The Morgan fingerprint density at radius 3 is 2.64 bits per heavy atom. The third-order valence-corrected chi connectivity index (χ3v) is 4.45. The maximum Gasteiger partial charge on any atom is 0.274 e. The average molecular weight is 397 g/mol. The number of rotatable bonds is 4. The zero-order valence-electron chi connectivity index (χ0n) is 13.9. The Labute approximate surface area is 154 Å². The van der Waals surface area contributed by atoms with Gasteiger partial charge in [-0.1, -0.05) is 34.1 Å². The zero-order valence-corrected chi connectivity index (χ0v) is 15.5. The summed E-state index contributed by atoms with van der Waals surface area (Å²) >= 11 is 3.46. The van der Waals surface area contributed by atoms with E-state index in [1.165, 1.54) is 0 Å². The third-order valence-electron chi connectivity index (χ3n) is 3.59. The first-order chi connectivity index (χ1) is 12.0. The fourth-order valence-corrected chi connectivity index (χ4v) is 2.64. The van der Waals surface area contributed by atoms with E-state index in [4.69, 9.17) is 0 Å². The molecule has 0 bridgehead atoms. The number of hydrogen-bond donors (Lipinski definition) is 2. The molecule has 25 heavy (non-hydrogen) atoms. The van der Waals surface area contributed by atoms with Crippen LogP contribution < -0.4 is 10.6 Å². The van der Waals surface area contributed by atoms with Crippen LogP contribution in [0.1, 0.15) is 21.6 Å². The van der Waals surface area contributed by atoms with Gasteiger partial charge in [0.25, 0.3) is 5.91 Å². The zero-order chi connectivity index (χ0) is 17.8. The van der Waals surface area contributed by atoms with Crippen LogP contribution in [0.4, 0.5) is 17.3 Å². The first-order valence-corrected chi connectivity index (χ1v) is 8.55. The summed E-state index contributed by atoms with van der Waals surface area (Å²) in [6.07, 6.45) is 1.56. The molecule has 0 atom stereocenters. The van der Waals surface area contributed by atoms with E-state index in [9.17, 15) is 4.79 Å². The normalized spacial score (nSPS) is 10.4. The fourth-order valence-electron chi connectivity index (χ4n) is 2.26. The summed E-state index contributed by atoms with van der Waals surface area (Å²) in [5, 5.41) is 5.95. The summed E-state index contributed by atoms with van der Waals surface area (Å²) in [5.74, 6) is 0.0915. The van der Waals surface area contributed by atoms with Crippen LogP contribution in [0, 0.1) is 13.8 Å². The topological polar surface area (TPSA) is 66.9 Å². The fraction of sp³-hybridized carbons (Fsp3) is 0.105. The predicted molar refractivity (Wildman–Crippen MR) is 103 cm³/mol. The van der Waals surface area contributed by atoms with Crippen molar-refractivity contribution >= 4 is 39.2 Å². The molecule has 1 amide bonds. The maximum absolute atomic E-state index is 12.4. The molecule has 0 aliphatic rings. The minimum atomic E-state index is -0.287. The second-order valence-electron chi connectivity index (χ2n) is 5.68. The van der Waals surface area contributed by atoms with Gasteiger partial charge in [-0.05, 0) is 55.3 Å². The van der Waals surface area contributed by atoms with Gasteiger partial charge in [0, 0.05) is 22.0 Å². The first-order valence-electron chi connectivity index (χ1n) is 7.75. The van der Waals surface area contributed by atoms with Gasteiger partial charge in [0.1, 0.15) is 5.69 Å². The Bertz CT molecular complexity index is 927. The number of aromatic nitrogens is 2. The van der Waals surface area contributed by atoms with Gasteiger partial charge in [-0.2, -0.15) is 0 Å². The van der Waals surface area contributed by atoms with Crippen LogP contribution in [0.3, 0.4) is 0 Å². The lowest BCUT2D eigenvalue weighted by molar-refractivity contribution is 0.102. The van der Waals surface area contributed by atoms with E-state index < -0.39 is 0 Å². The smallest absolute Gasteiger partial charge is 0.274 e. The number of carbonyl (C=O) groups is 1. The van der Waals surface area contributed by atoms with E-state index in [1.807, 2.05) is 56.3 Å². The lowest BCUT2D eigenvalue weighted by atomic mass is 10.2. The Morgan fingerprint density at radius 2 is 1.88 bits per heavy atom. The number of hydrogen-bond acceptors (Lipinski definition) is 4. The molecule has 5 nitrogen and oxygen atoms in total. The lowest BCUT2D eigenvalue weighted by Crippen LogP contribution is -2.14. The molecule has 3 rings (SSSR count). The molecule has 6 heteroatoms. The number of benzene rings is 2. The van der Waals surface area contributed by atoms with E-state index in [-0.39, 0.29) is 5.91 Å². The van der Waals surface area contributed by atoms with Crippen LogP contribution in [-0.2, 0) is 0 Å². The molecule has 2 N–H and O–H groups in total. The molecule has 0 radical (unpaired) electrons. The molecule has 0 saturated carbocycles. The highest BCUT2D eigenvalue weighted by atomic mass is 79.9. The van der Waals surface area contributed by atoms with Crippen molar-refractivity contribution < 1.29 is 4.79 Å². The largest absolute Gasteiger partial charge is 0.324 e. The number of amides is 1. The molecule has 0 unspecified atom stereocenters. The van der Waals surface area contributed by atoms with E-state index in [0.717, 1.165) is 21.3 Å². The summed E-state index contributed by atoms with van der Waals surface area (Å²) in [7, 11) is 0. The summed E-state index contributed by atoms with van der Waals surface area (Å²) in [6.45, 7) is 4.00. The van der Waals surface area contributed by atoms with Gasteiger partial charge in [-0.15, -0.1) is 0 Å². The first kappa shape index (κ1) is 17.1. The quantitative estimate of drug-likeness (QED) is 0.661. The second-order valence-corrected chi connectivity index (χ2v) is 6.53. The SMILES string of the molecule is Cc1cccc(Nc2nccc(C(=O)Nc3ccc(C)c(Br)c3)n2)c1. The monoisotopic (exact) mass is 396 g/mol. The van der Waals surface area contributed by atoms with E-state index >= 15 is 0 Å². The van der Waals surface area contributed by atoms with E-state index in [1.54, 1.807) is 12.3 Å². The van der Waals surface area contributed by atoms with Gasteiger partial charge in [-0.25, -0.2) is 9.97 Å². The van der Waals surface area contributed by atoms with Gasteiger partial charge in [0.15, 0.2) is 0 Å². The van der Waals surface area contributed by atoms with Gasteiger partial charge < -0.3 is 10.6 Å². The van der Waals surface area contributed by atoms with Crippen molar-refractivity contribution in [3.8, 4) is 0 Å². The van der Waals surface area contributed by atoms with Gasteiger partial charge >= 0.3 is 0 Å². The Morgan fingerprint density at radius 1 is 1.04 bits per heavy atom. The number of nitrogens with one attached hydrogen (secondary N) is 2. The minimum Gasteiger partial charge on any atom is -0.324 e. The molecule has 0 aliphatic heterocycles. The van der Waals surface area contributed by atoms with Crippen molar-refractivity contribution in [1.29, 1.82) is 0 Å². The highest BCUT2D eigenvalue weighted by Crippen LogP contribution is 2.21. The van der Waals surface area contributed by atoms with Crippen LogP contribution in [0.2, 0.25) is 0 Å². The van der Waals surface area contributed by atoms with Gasteiger partial charge in [0.05, 0.1) is 0 Å². The van der Waals surface area contributed by atoms with Crippen molar-refractivity contribution in [2.75, 3.05) is 10.6 Å². The maximum atomic E-state index is 12.4. The van der Waals surface area contributed by atoms with Crippen molar-refractivity contribution in [3.63, 3.8) is 0 Å². The summed E-state index contributed by atoms with van der Waals surface area (Å²) in [6, 6.07) is 15.1. The molecule has 0 aliphatic carbocycles. The van der Waals surface area contributed by atoms with Gasteiger partial charge in [-0.3, -0.25) is 4.79 Å². The molecule has 126 valence electrons. The minimum absolute atomic E-state index is 0.287. The van der Waals surface area contributed by atoms with Crippen molar-refractivity contribution in [2.45, 2.75) is 13.8 Å². The van der Waals surface area contributed by atoms with Crippen LogP contribution >= 0.6 is 15.9 Å². The second kappa shape index (κ2) is 7.44. The Balaban J connectivity index is 1.76. The average Bonchev–Trinajstić information content (AvgIpc) is 2.58.